The summed E-state index contributed by atoms with van der Waals surface area (Å²) in [5, 5.41) is 10.3. The lowest BCUT2D eigenvalue weighted by Crippen LogP contribution is -2.38. The van der Waals surface area contributed by atoms with Crippen molar-refractivity contribution >= 4 is 11.7 Å². The molecule has 33 heavy (non-hydrogen) atoms. The van der Waals surface area contributed by atoms with Crippen molar-refractivity contribution in [1.82, 2.24) is 20.0 Å². The molecule has 1 aromatic heterocycles. The van der Waals surface area contributed by atoms with Gasteiger partial charge in [-0.1, -0.05) is 24.3 Å². The van der Waals surface area contributed by atoms with Crippen molar-refractivity contribution in [2.24, 2.45) is 13.0 Å². The Morgan fingerprint density at radius 3 is 2.82 bits per heavy atom. The number of anilines is 1. The van der Waals surface area contributed by atoms with Gasteiger partial charge in [0.1, 0.15) is 5.82 Å². The number of hydrogen-bond acceptors (Lipinski definition) is 3. The second-order valence-corrected chi connectivity index (χ2v) is 8.83. The smallest absolute Gasteiger partial charge is 0.319 e. The van der Waals surface area contributed by atoms with Crippen molar-refractivity contribution in [3.05, 3.63) is 72.2 Å². The average Bonchev–Trinajstić information content (AvgIpc) is 3.25. The number of nitrogens with zero attached hydrogens (tertiary/aromatic N) is 3. The van der Waals surface area contributed by atoms with E-state index in [0.29, 0.717) is 12.5 Å². The van der Waals surface area contributed by atoms with Gasteiger partial charge >= 0.3 is 6.03 Å². The summed E-state index contributed by atoms with van der Waals surface area (Å²) in [6.07, 6.45) is 6.20. The first-order chi connectivity index (χ1) is 16.0. The summed E-state index contributed by atoms with van der Waals surface area (Å²) in [7, 11) is 1.88. The van der Waals surface area contributed by atoms with Crippen LogP contribution in [0.3, 0.4) is 0 Å². The Labute approximate surface area is 194 Å². The average molecular weight is 450 g/mol. The van der Waals surface area contributed by atoms with Gasteiger partial charge in [0.25, 0.3) is 0 Å². The minimum absolute atomic E-state index is 0.179. The fraction of sp³-hybridized carbons (Fsp3) is 0.385. The van der Waals surface area contributed by atoms with Crippen LogP contribution in [0.2, 0.25) is 0 Å². The number of hydrogen-bond donors (Lipinski definition) is 2. The number of rotatable bonds is 8. The number of aromatic nitrogens is 2. The number of amides is 2. The van der Waals surface area contributed by atoms with Crippen molar-refractivity contribution in [2.75, 3.05) is 31.5 Å². The van der Waals surface area contributed by atoms with Gasteiger partial charge in [-0.15, -0.1) is 0 Å². The number of aryl methyl sites for hydroxylation is 1. The lowest BCUT2D eigenvalue weighted by Gasteiger charge is -2.32. The third-order valence-corrected chi connectivity index (χ3v) is 6.11. The van der Waals surface area contributed by atoms with Gasteiger partial charge in [0.15, 0.2) is 0 Å². The lowest BCUT2D eigenvalue weighted by molar-refractivity contribution is 0.172. The number of carbonyl (C=O) groups excluding carboxylic acids is 1. The number of benzene rings is 2. The highest BCUT2D eigenvalue weighted by atomic mass is 19.1. The molecular formula is C26H32FN5O. The maximum atomic E-state index is 13.1. The number of piperidine rings is 1. The highest BCUT2D eigenvalue weighted by molar-refractivity contribution is 5.90. The van der Waals surface area contributed by atoms with Crippen LogP contribution in [0.1, 0.15) is 24.8 Å². The maximum absolute atomic E-state index is 13.1. The summed E-state index contributed by atoms with van der Waals surface area (Å²) in [5.41, 5.74) is 3.79. The Hall–Kier alpha value is -3.19. The minimum Gasteiger partial charge on any atom is -0.338 e. The van der Waals surface area contributed by atoms with E-state index in [1.54, 1.807) is 16.8 Å². The number of urea groups is 1. The van der Waals surface area contributed by atoms with Crippen LogP contribution < -0.4 is 10.6 Å². The van der Waals surface area contributed by atoms with Crippen molar-refractivity contribution in [3.63, 3.8) is 0 Å². The van der Waals surface area contributed by atoms with E-state index in [9.17, 15) is 9.18 Å². The third kappa shape index (κ3) is 6.89. The Bertz CT molecular complexity index is 1050. The maximum Gasteiger partial charge on any atom is 0.319 e. The van der Waals surface area contributed by atoms with Crippen LogP contribution in [-0.4, -0.2) is 46.9 Å². The molecule has 1 fully saturated rings. The molecule has 1 atom stereocenters. The molecular weight excluding hydrogens is 417 g/mol. The van der Waals surface area contributed by atoms with Crippen LogP contribution >= 0.6 is 0 Å². The van der Waals surface area contributed by atoms with Gasteiger partial charge in [-0.2, -0.15) is 5.10 Å². The number of nitrogens with one attached hydrogen (secondary N) is 2. The van der Waals surface area contributed by atoms with E-state index in [2.05, 4.69) is 20.6 Å². The van der Waals surface area contributed by atoms with Crippen molar-refractivity contribution < 1.29 is 9.18 Å². The van der Waals surface area contributed by atoms with E-state index >= 15 is 0 Å². The van der Waals surface area contributed by atoms with E-state index in [1.807, 2.05) is 55.7 Å². The van der Waals surface area contributed by atoms with Crippen molar-refractivity contribution in [2.45, 2.75) is 25.7 Å². The van der Waals surface area contributed by atoms with Gasteiger partial charge in [0.2, 0.25) is 0 Å². The van der Waals surface area contributed by atoms with Gasteiger partial charge in [-0.05, 0) is 80.6 Å². The summed E-state index contributed by atoms with van der Waals surface area (Å²) in [5.74, 6) is 0.424. The Balaban J connectivity index is 1.17. The van der Waals surface area contributed by atoms with Crippen LogP contribution in [0.4, 0.5) is 14.9 Å². The third-order valence-electron chi connectivity index (χ3n) is 6.11. The molecule has 0 radical (unpaired) electrons. The first kappa shape index (κ1) is 23.0. The zero-order valence-electron chi connectivity index (χ0n) is 19.1. The SMILES string of the molecule is Cn1ccc(-c2cccc(NC(=O)NCCCN3CCC[C@@H](Cc4ccc(F)cc4)C3)c2)n1. The number of likely N-dealkylation sites (tertiary alicyclic amines) is 1. The molecule has 1 aliphatic rings. The molecule has 1 aliphatic heterocycles. The standard InChI is InChI=1S/C26H32FN5O/c1-31-16-12-25(30-31)22-6-2-7-24(18-22)29-26(33)28-13-4-15-32-14-3-5-21(19-32)17-20-8-10-23(27)11-9-20/h2,6-12,16,18,21H,3-5,13-15,17,19H2,1H3,(H2,28,29,33)/t21-/m0/s1. The minimum atomic E-state index is -0.194. The quantitative estimate of drug-likeness (QED) is 0.491. The summed E-state index contributed by atoms with van der Waals surface area (Å²) in [4.78, 5) is 14.8. The molecule has 0 unspecified atom stereocenters. The monoisotopic (exact) mass is 449 g/mol. The number of carbonyl (C=O) groups is 1. The molecule has 0 aliphatic carbocycles. The van der Waals surface area contributed by atoms with E-state index in [4.69, 9.17) is 0 Å². The highest BCUT2D eigenvalue weighted by Gasteiger charge is 2.20. The van der Waals surface area contributed by atoms with E-state index < -0.39 is 0 Å². The van der Waals surface area contributed by atoms with E-state index in [0.717, 1.165) is 49.4 Å². The molecule has 2 aromatic carbocycles. The second-order valence-electron chi connectivity index (χ2n) is 8.83. The topological polar surface area (TPSA) is 62.2 Å². The first-order valence-electron chi connectivity index (χ1n) is 11.7. The van der Waals surface area contributed by atoms with Crippen LogP contribution in [0.15, 0.2) is 60.8 Å². The van der Waals surface area contributed by atoms with Gasteiger partial charge in [-0.3, -0.25) is 4.68 Å². The van der Waals surface area contributed by atoms with Crippen LogP contribution in [0.25, 0.3) is 11.3 Å². The molecule has 1 saturated heterocycles. The van der Waals surface area contributed by atoms with E-state index in [-0.39, 0.29) is 11.8 Å². The molecule has 2 heterocycles. The van der Waals surface area contributed by atoms with Gasteiger partial charge in [0.05, 0.1) is 5.69 Å². The summed E-state index contributed by atoms with van der Waals surface area (Å²) in [6.45, 7) is 3.76. The number of halogens is 1. The van der Waals surface area contributed by atoms with E-state index in [1.165, 1.54) is 18.4 Å². The van der Waals surface area contributed by atoms with Crippen molar-refractivity contribution in [3.8, 4) is 11.3 Å². The molecule has 174 valence electrons. The second kappa shape index (κ2) is 11.1. The lowest BCUT2D eigenvalue weighted by atomic mass is 9.91. The summed E-state index contributed by atoms with van der Waals surface area (Å²) < 4.78 is 14.9. The predicted octanol–water partition coefficient (Wildman–Crippen LogP) is 4.69. The Morgan fingerprint density at radius 2 is 2.03 bits per heavy atom. The molecule has 0 saturated carbocycles. The molecule has 7 heteroatoms. The fourth-order valence-corrected chi connectivity index (χ4v) is 4.48. The summed E-state index contributed by atoms with van der Waals surface area (Å²) in [6, 6.07) is 16.3. The predicted molar refractivity (Wildman–Crippen MR) is 130 cm³/mol. The molecule has 0 spiro atoms. The zero-order valence-corrected chi connectivity index (χ0v) is 19.1. The molecule has 0 bridgehead atoms. The first-order valence-corrected chi connectivity index (χ1v) is 11.7. The van der Waals surface area contributed by atoms with Crippen molar-refractivity contribution in [1.29, 1.82) is 0 Å². The van der Waals surface area contributed by atoms with Crippen LogP contribution in [-0.2, 0) is 13.5 Å². The molecule has 3 aromatic rings. The molecule has 4 rings (SSSR count). The van der Waals surface area contributed by atoms with Crippen LogP contribution in [0, 0.1) is 11.7 Å². The highest BCUT2D eigenvalue weighted by Crippen LogP contribution is 2.22. The molecule has 6 nitrogen and oxygen atoms in total. The largest absolute Gasteiger partial charge is 0.338 e. The van der Waals surface area contributed by atoms with Gasteiger partial charge in [-0.25, -0.2) is 9.18 Å². The summed E-state index contributed by atoms with van der Waals surface area (Å²) >= 11 is 0. The molecule has 2 N–H and O–H groups in total. The Kier molecular flexibility index (Phi) is 7.73. The fourth-order valence-electron chi connectivity index (χ4n) is 4.48. The van der Waals surface area contributed by atoms with Gasteiger partial charge < -0.3 is 15.5 Å². The normalized spacial score (nSPS) is 16.5. The molecule has 2 amide bonds. The van der Waals surface area contributed by atoms with Gasteiger partial charge in [0, 0.05) is 37.6 Å². The van der Waals surface area contributed by atoms with Crippen LogP contribution in [0.5, 0.6) is 0 Å². The zero-order chi connectivity index (χ0) is 23.0. The Morgan fingerprint density at radius 1 is 1.18 bits per heavy atom.